The van der Waals surface area contributed by atoms with Gasteiger partial charge in [0.25, 0.3) is 15.9 Å². The highest BCUT2D eigenvalue weighted by Gasteiger charge is 2.30. The number of pyridine rings is 2. The van der Waals surface area contributed by atoms with E-state index in [9.17, 15) is 8.42 Å². The van der Waals surface area contributed by atoms with Crippen molar-refractivity contribution >= 4 is 32.1 Å². The normalized spacial score (nSPS) is 14.5. The van der Waals surface area contributed by atoms with Crippen LogP contribution in [0.4, 0.5) is 0 Å². The molecule has 1 aliphatic rings. The van der Waals surface area contributed by atoms with Crippen LogP contribution in [0.15, 0.2) is 53.7 Å². The summed E-state index contributed by atoms with van der Waals surface area (Å²) < 4.78 is 52.1. The molecule has 0 spiro atoms. The Hall–Kier alpha value is -3.93. The van der Waals surface area contributed by atoms with E-state index in [-0.39, 0.29) is 10.5 Å². The zero-order chi connectivity index (χ0) is 26.6. The molecule has 1 N–H and O–H groups in total. The SMILES string of the molecule is COc1nc2c(-c3cc4c(C5OCCO5)ccnc4n3S(=O)(=O)c3ccc(C)cc3)c[nH]c2c(C)c1OC. The largest absolute Gasteiger partial charge is 0.491 e. The number of methoxy groups -OCH3 is 2. The maximum absolute atomic E-state index is 14.2. The fraction of sp³-hybridized carbons (Fsp3) is 0.259. The van der Waals surface area contributed by atoms with Gasteiger partial charge in [-0.2, -0.15) is 0 Å². The zero-order valence-corrected chi connectivity index (χ0v) is 22.1. The fourth-order valence-corrected chi connectivity index (χ4v) is 6.38. The topological polar surface area (TPSA) is 118 Å². The molecule has 1 aliphatic heterocycles. The van der Waals surface area contributed by atoms with Gasteiger partial charge in [-0.05, 0) is 38.1 Å². The fourth-order valence-electron chi connectivity index (χ4n) is 4.90. The first-order valence-corrected chi connectivity index (χ1v) is 13.4. The molecule has 0 bridgehead atoms. The summed E-state index contributed by atoms with van der Waals surface area (Å²) in [7, 11) is -1.01. The Morgan fingerprint density at radius 3 is 2.47 bits per heavy atom. The lowest BCUT2D eigenvalue weighted by Gasteiger charge is -2.13. The van der Waals surface area contributed by atoms with Crippen molar-refractivity contribution in [2.24, 2.45) is 0 Å². The summed E-state index contributed by atoms with van der Waals surface area (Å²) in [4.78, 5) is 12.6. The number of aromatic nitrogens is 4. The lowest BCUT2D eigenvalue weighted by Crippen LogP contribution is -2.15. The first-order valence-electron chi connectivity index (χ1n) is 12.0. The first kappa shape index (κ1) is 24.4. The van der Waals surface area contributed by atoms with Crippen LogP contribution < -0.4 is 9.47 Å². The Balaban J connectivity index is 1.69. The van der Waals surface area contributed by atoms with E-state index in [2.05, 4.69) is 15.0 Å². The van der Waals surface area contributed by atoms with Gasteiger partial charge in [0.2, 0.25) is 0 Å². The van der Waals surface area contributed by atoms with E-state index in [0.29, 0.717) is 58.1 Å². The number of ether oxygens (including phenoxy) is 4. The minimum absolute atomic E-state index is 0.144. The van der Waals surface area contributed by atoms with Crippen LogP contribution in [-0.4, -0.2) is 54.8 Å². The number of aromatic amines is 1. The van der Waals surface area contributed by atoms with Crippen molar-refractivity contribution in [3.63, 3.8) is 0 Å². The van der Waals surface area contributed by atoms with Crippen LogP contribution in [0.5, 0.6) is 11.6 Å². The Morgan fingerprint density at radius 2 is 1.79 bits per heavy atom. The zero-order valence-electron chi connectivity index (χ0n) is 21.3. The molecule has 38 heavy (non-hydrogen) atoms. The summed E-state index contributed by atoms with van der Waals surface area (Å²) in [6.07, 6.45) is 2.69. The summed E-state index contributed by atoms with van der Waals surface area (Å²) in [5.41, 5.74) is 4.92. The summed E-state index contributed by atoms with van der Waals surface area (Å²) >= 11 is 0. The number of H-pyrrole nitrogens is 1. The van der Waals surface area contributed by atoms with Gasteiger partial charge in [-0.15, -0.1) is 0 Å². The van der Waals surface area contributed by atoms with Crippen LogP contribution in [0.2, 0.25) is 0 Å². The van der Waals surface area contributed by atoms with Crippen LogP contribution in [0.25, 0.3) is 33.3 Å². The van der Waals surface area contributed by atoms with E-state index in [4.69, 9.17) is 18.9 Å². The molecule has 0 amide bonds. The van der Waals surface area contributed by atoms with Gasteiger partial charge in [-0.3, -0.25) is 0 Å². The van der Waals surface area contributed by atoms with Crippen molar-refractivity contribution in [1.82, 2.24) is 18.9 Å². The number of nitrogens with zero attached hydrogens (tertiary/aromatic N) is 3. The van der Waals surface area contributed by atoms with Crippen molar-refractivity contribution in [2.75, 3.05) is 27.4 Å². The Labute approximate surface area is 219 Å². The van der Waals surface area contributed by atoms with Gasteiger partial charge in [-0.25, -0.2) is 22.4 Å². The Morgan fingerprint density at radius 1 is 1.05 bits per heavy atom. The minimum atomic E-state index is -4.07. The highest BCUT2D eigenvalue weighted by molar-refractivity contribution is 7.90. The summed E-state index contributed by atoms with van der Waals surface area (Å²) in [5.74, 6) is 0.801. The van der Waals surface area contributed by atoms with E-state index < -0.39 is 16.3 Å². The summed E-state index contributed by atoms with van der Waals surface area (Å²) in [6.45, 7) is 4.70. The van der Waals surface area contributed by atoms with E-state index in [1.165, 1.54) is 11.1 Å². The quantitative estimate of drug-likeness (QED) is 0.339. The Bertz CT molecular complexity index is 1780. The molecule has 0 radical (unpaired) electrons. The second-order valence-electron chi connectivity index (χ2n) is 9.03. The molecule has 1 saturated heterocycles. The maximum Gasteiger partial charge on any atom is 0.269 e. The van der Waals surface area contributed by atoms with Gasteiger partial charge in [0.05, 0.1) is 43.5 Å². The van der Waals surface area contributed by atoms with E-state index in [1.54, 1.807) is 55.9 Å². The third-order valence-corrected chi connectivity index (χ3v) is 8.50. The molecule has 10 nitrogen and oxygen atoms in total. The van der Waals surface area contributed by atoms with Gasteiger partial charge in [0, 0.05) is 34.5 Å². The predicted molar refractivity (Wildman–Crippen MR) is 141 cm³/mol. The lowest BCUT2D eigenvalue weighted by molar-refractivity contribution is -0.0430. The molecule has 4 aromatic heterocycles. The number of benzene rings is 1. The van der Waals surface area contributed by atoms with Crippen molar-refractivity contribution in [2.45, 2.75) is 25.0 Å². The maximum atomic E-state index is 14.2. The second-order valence-corrected chi connectivity index (χ2v) is 10.8. The van der Waals surface area contributed by atoms with Crippen LogP contribution in [0.1, 0.15) is 23.0 Å². The third kappa shape index (κ3) is 3.65. The highest BCUT2D eigenvalue weighted by atomic mass is 32.2. The lowest BCUT2D eigenvalue weighted by atomic mass is 10.1. The van der Waals surface area contributed by atoms with E-state index in [1.807, 2.05) is 13.8 Å². The molecular formula is C27H26N4O6S. The smallest absolute Gasteiger partial charge is 0.269 e. The number of fused-ring (bicyclic) bond motifs is 2. The average Bonchev–Trinajstić information content (AvgIpc) is 3.67. The van der Waals surface area contributed by atoms with Gasteiger partial charge in [0.1, 0.15) is 5.52 Å². The summed E-state index contributed by atoms with van der Waals surface area (Å²) in [6, 6.07) is 10.3. The molecule has 5 aromatic rings. The molecule has 196 valence electrons. The van der Waals surface area contributed by atoms with Crippen LogP contribution in [0, 0.1) is 13.8 Å². The third-order valence-electron chi connectivity index (χ3n) is 6.78. The minimum Gasteiger partial charge on any atom is -0.491 e. The molecule has 11 heteroatoms. The number of hydrogen-bond donors (Lipinski definition) is 1. The monoisotopic (exact) mass is 534 g/mol. The molecule has 5 heterocycles. The Kier molecular flexibility index (Phi) is 5.86. The van der Waals surface area contributed by atoms with E-state index >= 15 is 0 Å². The van der Waals surface area contributed by atoms with E-state index in [0.717, 1.165) is 11.1 Å². The summed E-state index contributed by atoms with van der Waals surface area (Å²) in [5, 5.41) is 0.608. The molecule has 1 fully saturated rings. The molecule has 6 rings (SSSR count). The van der Waals surface area contributed by atoms with Crippen molar-refractivity contribution < 1.29 is 27.4 Å². The molecular weight excluding hydrogens is 508 g/mol. The van der Waals surface area contributed by atoms with Crippen LogP contribution >= 0.6 is 0 Å². The number of nitrogens with one attached hydrogen (secondary N) is 1. The number of hydrogen-bond acceptors (Lipinski definition) is 8. The first-order chi connectivity index (χ1) is 18.3. The van der Waals surface area contributed by atoms with Crippen molar-refractivity contribution in [1.29, 1.82) is 0 Å². The van der Waals surface area contributed by atoms with Gasteiger partial charge in [-0.1, -0.05) is 17.7 Å². The molecule has 0 saturated carbocycles. The van der Waals surface area contributed by atoms with Crippen LogP contribution in [-0.2, 0) is 19.5 Å². The van der Waals surface area contributed by atoms with Gasteiger partial charge >= 0.3 is 0 Å². The molecule has 1 aromatic carbocycles. The van der Waals surface area contributed by atoms with Gasteiger partial charge < -0.3 is 23.9 Å². The van der Waals surface area contributed by atoms with Gasteiger partial charge in [0.15, 0.2) is 17.7 Å². The number of aryl methyl sites for hydroxylation is 2. The van der Waals surface area contributed by atoms with Crippen LogP contribution in [0.3, 0.4) is 0 Å². The molecule has 0 atom stereocenters. The second kappa shape index (κ2) is 9.12. The van der Waals surface area contributed by atoms with Crippen molar-refractivity contribution in [3.05, 3.63) is 65.5 Å². The predicted octanol–water partition coefficient (Wildman–Crippen LogP) is 4.50. The highest BCUT2D eigenvalue weighted by Crippen LogP contribution is 2.41. The van der Waals surface area contributed by atoms with Crippen molar-refractivity contribution in [3.8, 4) is 22.9 Å². The average molecular weight is 535 g/mol. The standard InChI is InChI=1S/C27H26N4O6S/c1-15-5-7-17(8-6-15)38(32,33)31-21(13-19-18(9-10-28-25(19)31)27-36-11-12-37-27)20-14-29-22-16(2)24(34-3)26(35-4)30-23(20)22/h5-10,13-14,27,29H,11-12H2,1-4H3. The number of rotatable bonds is 6. The molecule has 0 aliphatic carbocycles. The molecule has 0 unspecified atom stereocenters.